The average Bonchev–Trinajstić information content (AvgIpc) is 2.60. The van der Waals surface area contributed by atoms with Gasteiger partial charge in [-0.3, -0.25) is 0 Å². The molecule has 0 fully saturated rings. The topological polar surface area (TPSA) is 85.0 Å². The van der Waals surface area contributed by atoms with E-state index in [1.165, 1.54) is 17.0 Å². The molecule has 0 radical (unpaired) electrons. The Labute approximate surface area is 159 Å². The lowest BCUT2D eigenvalue weighted by Gasteiger charge is -2.34. The van der Waals surface area contributed by atoms with E-state index >= 15 is 0 Å². The van der Waals surface area contributed by atoms with Crippen LogP contribution in [0.2, 0.25) is 5.02 Å². The number of halogens is 3. The maximum atomic E-state index is 14.4. The Morgan fingerprint density at radius 1 is 1.26 bits per heavy atom. The number of sulfone groups is 1. The zero-order valence-corrected chi connectivity index (χ0v) is 15.6. The molecule has 2 aromatic carbocycles. The highest BCUT2D eigenvalue weighted by Gasteiger charge is 2.31. The normalized spacial score (nSPS) is 16.4. The zero-order valence-electron chi connectivity index (χ0n) is 14.0. The minimum Gasteiger partial charge on any atom is -0.339 e. The predicted molar refractivity (Wildman–Crippen MR) is 95.9 cm³/mol. The van der Waals surface area contributed by atoms with Crippen LogP contribution in [0.15, 0.2) is 29.2 Å². The predicted octanol–water partition coefficient (Wildman–Crippen LogP) is 4.18. The van der Waals surface area contributed by atoms with Crippen molar-refractivity contribution in [3.05, 3.63) is 51.8 Å². The lowest BCUT2D eigenvalue weighted by molar-refractivity contribution is 0.318. The Balaban J connectivity index is 2.30. The van der Waals surface area contributed by atoms with Gasteiger partial charge in [-0.1, -0.05) is 11.6 Å². The monoisotopic (exact) mass is 407 g/mol. The number of rotatable bonds is 2. The molecule has 1 unspecified atom stereocenters. The van der Waals surface area contributed by atoms with Crippen LogP contribution in [0.1, 0.15) is 29.3 Å². The summed E-state index contributed by atoms with van der Waals surface area (Å²) >= 11 is 6.15. The molecule has 0 saturated heterocycles. The molecule has 3 rings (SSSR count). The first-order valence-electron chi connectivity index (χ1n) is 7.76. The number of nitriles is 2. The minimum absolute atomic E-state index is 0.00463. The van der Waals surface area contributed by atoms with Gasteiger partial charge < -0.3 is 4.90 Å². The molecule has 0 aromatic heterocycles. The van der Waals surface area contributed by atoms with Gasteiger partial charge >= 0.3 is 0 Å². The first-order valence-corrected chi connectivity index (χ1v) is 10.0. The maximum absolute atomic E-state index is 14.4. The largest absolute Gasteiger partial charge is 0.339 e. The van der Waals surface area contributed by atoms with Crippen LogP contribution in [0.3, 0.4) is 0 Å². The first kappa shape index (κ1) is 19.1. The molecule has 0 amide bonds. The van der Waals surface area contributed by atoms with Crippen molar-refractivity contribution in [2.45, 2.75) is 17.5 Å². The van der Waals surface area contributed by atoms with Crippen molar-refractivity contribution in [3.8, 4) is 12.1 Å². The number of alkyl halides is 1. The molecular weight excluding hydrogens is 396 g/mol. The third-order valence-electron chi connectivity index (χ3n) is 4.32. The van der Waals surface area contributed by atoms with E-state index in [1.807, 2.05) is 12.1 Å². The van der Waals surface area contributed by atoms with E-state index in [0.29, 0.717) is 0 Å². The van der Waals surface area contributed by atoms with Crippen molar-refractivity contribution in [3.63, 3.8) is 0 Å². The van der Waals surface area contributed by atoms with E-state index in [2.05, 4.69) is 0 Å². The summed E-state index contributed by atoms with van der Waals surface area (Å²) in [5.41, 5.74) is 0.184. The summed E-state index contributed by atoms with van der Waals surface area (Å²) in [5, 5.41) is 18.7. The minimum atomic E-state index is -3.66. The van der Waals surface area contributed by atoms with Crippen molar-refractivity contribution in [2.24, 2.45) is 0 Å². The Morgan fingerprint density at radius 3 is 2.56 bits per heavy atom. The average molecular weight is 408 g/mol. The molecule has 1 heterocycles. The first-order chi connectivity index (χ1) is 12.7. The molecule has 27 heavy (non-hydrogen) atoms. The molecule has 0 spiro atoms. The smallest absolute Gasteiger partial charge is 0.177 e. The fourth-order valence-electron chi connectivity index (χ4n) is 3.16. The molecule has 1 atom stereocenters. The van der Waals surface area contributed by atoms with Crippen LogP contribution < -0.4 is 4.90 Å². The molecule has 2 aromatic rings. The summed E-state index contributed by atoms with van der Waals surface area (Å²) in [7, 11) is -3.66. The molecule has 1 aliphatic rings. The summed E-state index contributed by atoms with van der Waals surface area (Å²) in [6, 6.07) is 8.36. The Bertz CT molecular complexity index is 1140. The van der Waals surface area contributed by atoms with Crippen LogP contribution in [-0.2, 0) is 9.84 Å². The van der Waals surface area contributed by atoms with E-state index < -0.39 is 21.8 Å². The van der Waals surface area contributed by atoms with Gasteiger partial charge in [0.2, 0.25) is 0 Å². The number of benzene rings is 2. The van der Waals surface area contributed by atoms with Crippen LogP contribution in [0, 0.1) is 28.5 Å². The summed E-state index contributed by atoms with van der Waals surface area (Å²) < 4.78 is 51.8. The van der Waals surface area contributed by atoms with E-state index in [0.717, 1.165) is 18.4 Å². The Kier molecular flexibility index (Phi) is 4.81. The van der Waals surface area contributed by atoms with E-state index in [4.69, 9.17) is 11.6 Å². The summed E-state index contributed by atoms with van der Waals surface area (Å²) in [5.74, 6) is -0.735. The highest BCUT2D eigenvalue weighted by atomic mass is 35.5. The molecular formula is C18H12ClF2N3O2S. The van der Waals surface area contributed by atoms with Crippen LogP contribution >= 0.6 is 11.6 Å². The fraction of sp³-hybridized carbons (Fsp3) is 0.222. The molecule has 1 aliphatic heterocycles. The molecule has 5 nitrogen and oxygen atoms in total. The molecule has 9 heteroatoms. The second-order valence-electron chi connectivity index (χ2n) is 6.07. The van der Waals surface area contributed by atoms with Gasteiger partial charge in [0.25, 0.3) is 0 Å². The lowest BCUT2D eigenvalue weighted by Crippen LogP contribution is -2.28. The van der Waals surface area contributed by atoms with Crippen molar-refractivity contribution in [2.75, 3.05) is 17.7 Å². The number of nitrogens with zero attached hydrogens (tertiary/aromatic N) is 3. The molecule has 0 N–H and O–H groups in total. The Morgan fingerprint density at radius 2 is 1.96 bits per heavy atom. The fourth-order valence-corrected chi connectivity index (χ4v) is 4.53. The van der Waals surface area contributed by atoms with Gasteiger partial charge in [0.05, 0.1) is 32.4 Å². The summed E-state index contributed by atoms with van der Waals surface area (Å²) in [6.45, 7) is 0.109. The van der Waals surface area contributed by atoms with Gasteiger partial charge in [-0.15, -0.1) is 0 Å². The van der Waals surface area contributed by atoms with Crippen molar-refractivity contribution in [1.29, 1.82) is 10.5 Å². The van der Waals surface area contributed by atoms with Crippen LogP contribution in [-0.4, -0.2) is 21.2 Å². The van der Waals surface area contributed by atoms with Gasteiger partial charge in [0.1, 0.15) is 24.1 Å². The highest BCUT2D eigenvalue weighted by molar-refractivity contribution is 7.90. The molecule has 0 saturated carbocycles. The van der Waals surface area contributed by atoms with Crippen LogP contribution in [0.4, 0.5) is 20.2 Å². The van der Waals surface area contributed by atoms with Crippen molar-refractivity contribution >= 4 is 32.8 Å². The summed E-state index contributed by atoms with van der Waals surface area (Å²) in [6.07, 6.45) is -0.483. The van der Waals surface area contributed by atoms with Gasteiger partial charge in [0, 0.05) is 24.8 Å². The number of fused-ring (bicyclic) bond motifs is 1. The maximum Gasteiger partial charge on any atom is 0.177 e. The standard InChI is InChI=1S/C18H12ClF2N3O2S/c1-27(25,26)16-3-2-15(13(9-23)17(16)19)24-5-4-14(21)12-7-11(20)6-10(8-22)18(12)24/h2-3,6-7,14H,4-5H2,1H3. The SMILES string of the molecule is CS(=O)(=O)c1ccc(N2CCC(F)c3cc(F)cc(C#N)c32)c(C#N)c1Cl. The number of anilines is 2. The summed E-state index contributed by atoms with van der Waals surface area (Å²) in [4.78, 5) is 1.30. The van der Waals surface area contributed by atoms with E-state index in [-0.39, 0.29) is 50.9 Å². The Hall–Kier alpha value is -2.68. The quantitative estimate of drug-likeness (QED) is 0.745. The highest BCUT2D eigenvalue weighted by Crippen LogP contribution is 2.45. The zero-order chi connectivity index (χ0) is 19.9. The van der Waals surface area contributed by atoms with Gasteiger partial charge in [-0.05, 0) is 24.3 Å². The van der Waals surface area contributed by atoms with Gasteiger partial charge in [0.15, 0.2) is 9.84 Å². The van der Waals surface area contributed by atoms with Crippen molar-refractivity contribution < 1.29 is 17.2 Å². The van der Waals surface area contributed by atoms with E-state index in [1.54, 1.807) is 0 Å². The second kappa shape index (κ2) is 6.80. The van der Waals surface area contributed by atoms with Gasteiger partial charge in [-0.25, -0.2) is 17.2 Å². The third-order valence-corrected chi connectivity index (χ3v) is 5.97. The molecule has 138 valence electrons. The number of hydrogen-bond acceptors (Lipinski definition) is 5. The molecule has 0 bridgehead atoms. The van der Waals surface area contributed by atoms with Gasteiger partial charge in [-0.2, -0.15) is 10.5 Å². The molecule has 0 aliphatic carbocycles. The second-order valence-corrected chi connectivity index (χ2v) is 8.43. The third kappa shape index (κ3) is 3.23. The van der Waals surface area contributed by atoms with Crippen LogP contribution in [0.25, 0.3) is 0 Å². The number of hydrogen-bond donors (Lipinski definition) is 0. The lowest BCUT2D eigenvalue weighted by atomic mass is 9.95. The van der Waals surface area contributed by atoms with E-state index in [9.17, 15) is 27.7 Å². The van der Waals surface area contributed by atoms with Crippen LogP contribution in [0.5, 0.6) is 0 Å². The van der Waals surface area contributed by atoms with Crippen molar-refractivity contribution in [1.82, 2.24) is 0 Å².